The van der Waals surface area contributed by atoms with Gasteiger partial charge in [-0.1, -0.05) is 74.5 Å². The molecule has 0 unspecified atom stereocenters. The van der Waals surface area contributed by atoms with Gasteiger partial charge >= 0.3 is 0 Å². The van der Waals surface area contributed by atoms with Gasteiger partial charge in [-0.05, 0) is 49.3 Å². The van der Waals surface area contributed by atoms with Crippen molar-refractivity contribution in [2.75, 3.05) is 0 Å². The third kappa shape index (κ3) is 6.25. The fraction of sp³-hybridized carbons (Fsp3) is 0.120. The minimum absolute atomic E-state index is 0.962. The molecule has 0 nitrogen and oxygen atoms in total. The average molecular weight is 389 g/mol. The molecule has 2 aromatic heterocycles. The minimum atomic E-state index is 0.962. The molecular formula is C25H24S2. The van der Waals surface area contributed by atoms with Crippen molar-refractivity contribution >= 4 is 28.2 Å². The molecule has 0 saturated heterocycles. The first-order valence-corrected chi connectivity index (χ1v) is 10.5. The second-order valence-electron chi connectivity index (χ2n) is 5.60. The van der Waals surface area contributed by atoms with Gasteiger partial charge in [0.2, 0.25) is 0 Å². The molecule has 136 valence electrons. The van der Waals surface area contributed by atoms with E-state index in [0.717, 1.165) is 16.9 Å². The lowest BCUT2D eigenvalue weighted by Gasteiger charge is -1.97. The van der Waals surface area contributed by atoms with Crippen molar-refractivity contribution in [3.63, 3.8) is 0 Å². The van der Waals surface area contributed by atoms with E-state index in [1.165, 1.54) is 20.2 Å². The molecule has 0 radical (unpaired) electrons. The van der Waals surface area contributed by atoms with Crippen LogP contribution < -0.4 is 0 Å². The van der Waals surface area contributed by atoms with Crippen molar-refractivity contribution in [3.8, 4) is 21.6 Å². The Hall–Kier alpha value is -2.60. The van der Waals surface area contributed by atoms with Gasteiger partial charge in [-0.3, -0.25) is 0 Å². The van der Waals surface area contributed by atoms with Gasteiger partial charge in [0.25, 0.3) is 0 Å². The third-order valence-electron chi connectivity index (χ3n) is 3.55. The van der Waals surface area contributed by atoms with Crippen LogP contribution in [0.1, 0.15) is 30.0 Å². The number of thiophene rings is 2. The van der Waals surface area contributed by atoms with E-state index in [9.17, 15) is 0 Å². The summed E-state index contributed by atoms with van der Waals surface area (Å²) < 4.78 is 0. The van der Waals surface area contributed by atoms with Crippen LogP contribution in [0.25, 0.3) is 15.3 Å². The molecule has 0 amide bonds. The first-order valence-electron chi connectivity index (χ1n) is 8.89. The van der Waals surface area contributed by atoms with Crippen LogP contribution >= 0.6 is 22.7 Å². The summed E-state index contributed by atoms with van der Waals surface area (Å²) in [6.45, 7) is 11.6. The van der Waals surface area contributed by atoms with E-state index in [4.69, 9.17) is 0 Å². The zero-order valence-corrected chi connectivity index (χ0v) is 17.5. The number of allylic oxidation sites excluding steroid dienone is 10. The van der Waals surface area contributed by atoms with Crippen molar-refractivity contribution < 1.29 is 0 Å². The normalized spacial score (nSPS) is 12.4. The van der Waals surface area contributed by atoms with E-state index in [1.54, 1.807) is 17.4 Å². The van der Waals surface area contributed by atoms with Gasteiger partial charge in [-0.25, -0.2) is 0 Å². The van der Waals surface area contributed by atoms with Crippen molar-refractivity contribution in [2.24, 2.45) is 0 Å². The number of hydrogen-bond acceptors (Lipinski definition) is 2. The quantitative estimate of drug-likeness (QED) is 0.332. The molecule has 0 aliphatic heterocycles. The molecule has 0 saturated carbocycles. The van der Waals surface area contributed by atoms with Gasteiger partial charge in [-0.2, -0.15) is 0 Å². The first-order chi connectivity index (χ1) is 13.2. The topological polar surface area (TPSA) is 0 Å². The SMILES string of the molecule is C=C/C=C\C(=C/CC)c1ccc(-c2ccc(C#CC(/C=C\C)=C/C=C)s2)s1. The van der Waals surface area contributed by atoms with Crippen LogP contribution in [-0.2, 0) is 0 Å². The Balaban J connectivity index is 2.25. The summed E-state index contributed by atoms with van der Waals surface area (Å²) in [4.78, 5) is 4.86. The van der Waals surface area contributed by atoms with E-state index in [1.807, 2.05) is 48.6 Å². The zero-order chi connectivity index (χ0) is 19.5. The summed E-state index contributed by atoms with van der Waals surface area (Å²) in [7, 11) is 0. The molecule has 0 bridgehead atoms. The molecule has 0 aliphatic rings. The maximum atomic E-state index is 3.76. The zero-order valence-electron chi connectivity index (χ0n) is 15.9. The van der Waals surface area contributed by atoms with Crippen LogP contribution in [0.15, 0.2) is 91.6 Å². The summed E-state index contributed by atoms with van der Waals surface area (Å²) in [6.07, 6.45) is 16.8. The Morgan fingerprint density at radius 3 is 2.52 bits per heavy atom. The highest BCUT2D eigenvalue weighted by molar-refractivity contribution is 7.22. The van der Waals surface area contributed by atoms with Crippen LogP contribution in [0.3, 0.4) is 0 Å². The predicted molar refractivity (Wildman–Crippen MR) is 125 cm³/mol. The monoisotopic (exact) mass is 388 g/mol. The Morgan fingerprint density at radius 2 is 1.81 bits per heavy atom. The highest BCUT2D eigenvalue weighted by Gasteiger charge is 2.07. The Kier molecular flexibility index (Phi) is 8.58. The lowest BCUT2D eigenvalue weighted by molar-refractivity contribution is 1.23. The first kappa shape index (κ1) is 20.7. The van der Waals surface area contributed by atoms with Gasteiger partial charge < -0.3 is 0 Å². The Morgan fingerprint density at radius 1 is 1.04 bits per heavy atom. The van der Waals surface area contributed by atoms with Crippen molar-refractivity contribution in [1.82, 2.24) is 0 Å². The molecule has 2 heterocycles. The molecule has 0 atom stereocenters. The lowest BCUT2D eigenvalue weighted by atomic mass is 10.1. The van der Waals surface area contributed by atoms with Gasteiger partial charge in [0, 0.05) is 20.2 Å². The standard InChI is InChI=1S/C25H24S2/c1-5-9-13-21(12-8-4)23-18-19-25(27-23)24-17-16-22(26-24)15-14-20(10-6-2)11-7-3/h5-7,9-13,16-19H,1-2,8H2,3-4H3/b11-7-,13-9-,20-10+,21-12+. The lowest BCUT2D eigenvalue weighted by Crippen LogP contribution is -1.73. The van der Waals surface area contributed by atoms with Gasteiger partial charge in [0.1, 0.15) is 0 Å². The Labute approximate surface area is 171 Å². The van der Waals surface area contributed by atoms with Crippen LogP contribution in [-0.4, -0.2) is 0 Å². The van der Waals surface area contributed by atoms with Crippen LogP contribution in [0.5, 0.6) is 0 Å². The fourth-order valence-electron chi connectivity index (χ4n) is 2.38. The molecular weight excluding hydrogens is 364 g/mol. The van der Waals surface area contributed by atoms with E-state index in [2.05, 4.69) is 68.3 Å². The average Bonchev–Trinajstić information content (AvgIpc) is 3.33. The van der Waals surface area contributed by atoms with E-state index in [0.29, 0.717) is 0 Å². The largest absolute Gasteiger partial charge is 0.134 e. The van der Waals surface area contributed by atoms with E-state index >= 15 is 0 Å². The highest BCUT2D eigenvalue weighted by atomic mass is 32.1. The smallest absolute Gasteiger partial charge is 0.0779 e. The Bertz CT molecular complexity index is 959. The molecule has 2 rings (SSSR count). The molecule has 0 N–H and O–H groups in total. The van der Waals surface area contributed by atoms with Gasteiger partial charge in [0.05, 0.1) is 4.88 Å². The minimum Gasteiger partial charge on any atom is -0.134 e. The van der Waals surface area contributed by atoms with Crippen LogP contribution in [0, 0.1) is 11.8 Å². The second-order valence-corrected chi connectivity index (χ2v) is 7.77. The maximum Gasteiger partial charge on any atom is 0.0779 e. The molecule has 27 heavy (non-hydrogen) atoms. The van der Waals surface area contributed by atoms with Crippen molar-refractivity contribution in [3.05, 3.63) is 101 Å². The number of hydrogen-bond donors (Lipinski definition) is 0. The maximum absolute atomic E-state index is 3.76. The summed E-state index contributed by atoms with van der Waals surface area (Å²) in [5, 5.41) is 0. The molecule has 0 spiro atoms. The third-order valence-corrected chi connectivity index (χ3v) is 5.88. The summed E-state index contributed by atoms with van der Waals surface area (Å²) in [5.74, 6) is 6.46. The van der Waals surface area contributed by atoms with Crippen LogP contribution in [0.2, 0.25) is 0 Å². The molecule has 0 aromatic carbocycles. The van der Waals surface area contributed by atoms with Crippen LogP contribution in [0.4, 0.5) is 0 Å². The van der Waals surface area contributed by atoms with E-state index < -0.39 is 0 Å². The summed E-state index contributed by atoms with van der Waals surface area (Å²) >= 11 is 3.54. The van der Waals surface area contributed by atoms with E-state index in [-0.39, 0.29) is 0 Å². The second kappa shape index (κ2) is 11.2. The van der Waals surface area contributed by atoms with Gasteiger partial charge in [-0.15, -0.1) is 22.7 Å². The molecule has 2 heteroatoms. The molecule has 0 aliphatic carbocycles. The molecule has 2 aromatic rings. The van der Waals surface area contributed by atoms with Crippen molar-refractivity contribution in [1.29, 1.82) is 0 Å². The highest BCUT2D eigenvalue weighted by Crippen LogP contribution is 2.36. The molecule has 0 fully saturated rings. The summed E-state index contributed by atoms with van der Waals surface area (Å²) in [5.41, 5.74) is 2.21. The van der Waals surface area contributed by atoms with Crippen molar-refractivity contribution in [2.45, 2.75) is 20.3 Å². The summed E-state index contributed by atoms with van der Waals surface area (Å²) in [6, 6.07) is 8.63. The van der Waals surface area contributed by atoms with Gasteiger partial charge in [0.15, 0.2) is 0 Å². The fourth-order valence-corrected chi connectivity index (χ4v) is 4.36. The number of rotatable bonds is 7. The predicted octanol–water partition coefficient (Wildman–Crippen LogP) is 8.05.